The molecule has 0 saturated heterocycles. The van der Waals surface area contributed by atoms with E-state index in [1.807, 2.05) is 63.5 Å². The van der Waals surface area contributed by atoms with Crippen molar-refractivity contribution in [2.75, 3.05) is 41.0 Å². The van der Waals surface area contributed by atoms with Crippen LogP contribution in [-0.4, -0.2) is 50.8 Å². The Morgan fingerprint density at radius 1 is 0.783 bits per heavy atom. The lowest BCUT2D eigenvalue weighted by molar-refractivity contribution is -0.385. The maximum atomic E-state index is 11.9. The lowest BCUT2D eigenvalue weighted by Crippen LogP contribution is -2.19. The van der Waals surface area contributed by atoms with Crippen molar-refractivity contribution in [3.05, 3.63) is 123 Å². The second-order valence-corrected chi connectivity index (χ2v) is 12.2. The Kier molecular flexibility index (Phi) is 11.1. The lowest BCUT2D eigenvalue weighted by Gasteiger charge is -2.21. The van der Waals surface area contributed by atoms with Crippen molar-refractivity contribution >= 4 is 11.3 Å². The number of benzene rings is 4. The molecule has 0 radical (unpaired) electrons. The highest BCUT2D eigenvalue weighted by Crippen LogP contribution is 2.37. The van der Waals surface area contributed by atoms with E-state index in [0.717, 1.165) is 47.8 Å². The summed E-state index contributed by atoms with van der Waals surface area (Å²) in [5, 5.41) is 11.9. The molecule has 1 aliphatic rings. The van der Waals surface area contributed by atoms with Crippen LogP contribution >= 0.6 is 0 Å². The zero-order valence-electron chi connectivity index (χ0n) is 27.3. The van der Waals surface area contributed by atoms with Gasteiger partial charge in [0.15, 0.2) is 0 Å². The van der Waals surface area contributed by atoms with E-state index in [-0.39, 0.29) is 16.5 Å². The summed E-state index contributed by atoms with van der Waals surface area (Å²) < 4.78 is 17.4. The number of rotatable bonds is 13. The molecule has 5 rings (SSSR count). The number of nitro benzene ring substituents is 1. The number of hydrogen-bond acceptors (Lipinski definition) is 6. The van der Waals surface area contributed by atoms with Crippen molar-refractivity contribution in [1.82, 2.24) is 4.90 Å². The molecule has 1 unspecified atom stereocenters. The standard InChI is InChI=1S/C39H44N2O5/c1-28(37-26-33(16-23-38(37)41(42)43)29-10-17-34(44-4)18-11-29)27-46-36-21-14-32(15-22-36)39(30-8-6-5-7-9-30)31-12-19-35(20-13-31)45-25-24-40(2)3/h10-23,26,28H,5-9,24-25,27H2,1-4H3. The summed E-state index contributed by atoms with van der Waals surface area (Å²) in [5.41, 5.74) is 7.79. The minimum atomic E-state index is -0.318. The highest BCUT2D eigenvalue weighted by atomic mass is 16.6. The van der Waals surface area contributed by atoms with Crippen LogP contribution in [0.2, 0.25) is 0 Å². The van der Waals surface area contributed by atoms with Crippen molar-refractivity contribution < 1.29 is 19.1 Å². The second-order valence-electron chi connectivity index (χ2n) is 12.2. The third-order valence-electron chi connectivity index (χ3n) is 8.58. The summed E-state index contributed by atoms with van der Waals surface area (Å²) in [6.07, 6.45) is 5.94. The van der Waals surface area contributed by atoms with Gasteiger partial charge in [0.1, 0.15) is 23.9 Å². The minimum Gasteiger partial charge on any atom is -0.497 e. The Labute approximate surface area is 272 Å². The fraction of sp³-hybridized carbons (Fsp3) is 0.333. The van der Waals surface area contributed by atoms with Crippen LogP contribution in [0.1, 0.15) is 61.6 Å². The molecule has 46 heavy (non-hydrogen) atoms. The van der Waals surface area contributed by atoms with Crippen molar-refractivity contribution in [2.45, 2.75) is 44.9 Å². The van der Waals surface area contributed by atoms with Gasteiger partial charge in [-0.05, 0) is 116 Å². The summed E-state index contributed by atoms with van der Waals surface area (Å²) in [6.45, 7) is 3.81. The Balaban J connectivity index is 1.32. The normalized spacial score (nSPS) is 13.7. The average Bonchev–Trinajstić information content (AvgIpc) is 3.08. The first-order valence-electron chi connectivity index (χ1n) is 16.1. The fourth-order valence-electron chi connectivity index (χ4n) is 5.97. The third kappa shape index (κ3) is 8.34. The van der Waals surface area contributed by atoms with Crippen LogP contribution in [0.25, 0.3) is 16.7 Å². The SMILES string of the molecule is COc1ccc(-c2ccc([N+](=O)[O-])c(C(C)COc3ccc(C(=C4CCCCC4)c4ccc(OCCN(C)C)cc4)cc3)c2)cc1. The number of nitrogens with zero attached hydrogens (tertiary/aromatic N) is 2. The smallest absolute Gasteiger partial charge is 0.273 e. The monoisotopic (exact) mass is 620 g/mol. The van der Waals surface area contributed by atoms with Crippen LogP contribution in [0.4, 0.5) is 5.69 Å². The molecule has 0 amide bonds. The first-order valence-corrected chi connectivity index (χ1v) is 16.1. The predicted molar refractivity (Wildman–Crippen MR) is 185 cm³/mol. The van der Waals surface area contributed by atoms with Crippen LogP contribution in [0.15, 0.2) is 96.6 Å². The van der Waals surface area contributed by atoms with Gasteiger partial charge in [-0.15, -0.1) is 0 Å². The summed E-state index contributed by atoms with van der Waals surface area (Å²) in [4.78, 5) is 13.7. The molecule has 1 aliphatic carbocycles. The number of methoxy groups -OCH3 is 1. The molecule has 7 heteroatoms. The molecule has 0 heterocycles. The number of hydrogen-bond donors (Lipinski definition) is 0. The maximum Gasteiger partial charge on any atom is 0.273 e. The van der Waals surface area contributed by atoms with E-state index in [1.54, 1.807) is 19.2 Å². The van der Waals surface area contributed by atoms with E-state index in [4.69, 9.17) is 14.2 Å². The van der Waals surface area contributed by atoms with Gasteiger partial charge in [-0.2, -0.15) is 0 Å². The molecule has 1 fully saturated rings. The zero-order chi connectivity index (χ0) is 32.5. The highest BCUT2D eigenvalue weighted by Gasteiger charge is 2.21. The molecule has 4 aromatic carbocycles. The van der Waals surface area contributed by atoms with Crippen LogP contribution in [0.3, 0.4) is 0 Å². The minimum absolute atomic E-state index is 0.0987. The number of nitro groups is 1. The van der Waals surface area contributed by atoms with Gasteiger partial charge in [-0.25, -0.2) is 0 Å². The molecule has 4 aromatic rings. The molecule has 1 saturated carbocycles. The molecule has 0 spiro atoms. The molecular formula is C39H44N2O5. The quantitative estimate of drug-likeness (QED) is 0.110. The van der Waals surface area contributed by atoms with Gasteiger partial charge in [0.2, 0.25) is 0 Å². The summed E-state index contributed by atoms with van der Waals surface area (Å²) in [5.74, 6) is 2.18. The van der Waals surface area contributed by atoms with E-state index >= 15 is 0 Å². The molecular weight excluding hydrogens is 576 g/mol. The van der Waals surface area contributed by atoms with Crippen molar-refractivity contribution in [1.29, 1.82) is 0 Å². The topological polar surface area (TPSA) is 74.1 Å². The number of ether oxygens (including phenoxy) is 3. The Morgan fingerprint density at radius 2 is 1.35 bits per heavy atom. The van der Waals surface area contributed by atoms with E-state index < -0.39 is 0 Å². The molecule has 7 nitrogen and oxygen atoms in total. The van der Waals surface area contributed by atoms with Crippen molar-refractivity contribution in [3.63, 3.8) is 0 Å². The van der Waals surface area contributed by atoms with E-state index in [9.17, 15) is 10.1 Å². The highest BCUT2D eigenvalue weighted by molar-refractivity contribution is 5.82. The number of likely N-dealkylation sites (N-methyl/N-ethyl adjacent to an activating group) is 1. The summed E-state index contributed by atoms with van der Waals surface area (Å²) in [7, 11) is 5.71. The molecule has 240 valence electrons. The van der Waals surface area contributed by atoms with Gasteiger partial charge in [-0.1, -0.05) is 55.3 Å². The van der Waals surface area contributed by atoms with Gasteiger partial charge in [-0.3, -0.25) is 10.1 Å². The molecule has 1 atom stereocenters. The van der Waals surface area contributed by atoms with E-state index in [0.29, 0.717) is 18.8 Å². The van der Waals surface area contributed by atoms with Gasteiger partial charge >= 0.3 is 0 Å². The van der Waals surface area contributed by atoms with Gasteiger partial charge in [0.05, 0.1) is 18.6 Å². The third-order valence-corrected chi connectivity index (χ3v) is 8.58. The largest absolute Gasteiger partial charge is 0.497 e. The van der Waals surface area contributed by atoms with Crippen LogP contribution in [-0.2, 0) is 0 Å². The van der Waals surface area contributed by atoms with Gasteiger partial charge in [0, 0.05) is 24.1 Å². The summed E-state index contributed by atoms with van der Waals surface area (Å²) in [6, 6.07) is 29.7. The molecule has 0 N–H and O–H groups in total. The van der Waals surface area contributed by atoms with Crippen molar-refractivity contribution in [2.24, 2.45) is 0 Å². The van der Waals surface area contributed by atoms with Crippen LogP contribution in [0, 0.1) is 10.1 Å². The molecule has 0 aromatic heterocycles. The first-order chi connectivity index (χ1) is 22.3. The van der Waals surface area contributed by atoms with E-state index in [1.165, 1.54) is 41.5 Å². The predicted octanol–water partition coefficient (Wildman–Crippen LogP) is 9.16. The average molecular weight is 621 g/mol. The second kappa shape index (κ2) is 15.6. The first kappa shape index (κ1) is 32.8. The Bertz CT molecular complexity index is 1620. The fourth-order valence-corrected chi connectivity index (χ4v) is 5.97. The van der Waals surface area contributed by atoms with Gasteiger partial charge in [0.25, 0.3) is 5.69 Å². The summed E-state index contributed by atoms with van der Waals surface area (Å²) >= 11 is 0. The Morgan fingerprint density at radius 3 is 1.91 bits per heavy atom. The van der Waals surface area contributed by atoms with Crippen LogP contribution < -0.4 is 14.2 Å². The van der Waals surface area contributed by atoms with Crippen LogP contribution in [0.5, 0.6) is 17.2 Å². The van der Waals surface area contributed by atoms with Crippen molar-refractivity contribution in [3.8, 4) is 28.4 Å². The lowest BCUT2D eigenvalue weighted by atomic mass is 9.85. The Hall–Kier alpha value is -4.62. The maximum absolute atomic E-state index is 11.9. The van der Waals surface area contributed by atoms with E-state index in [2.05, 4.69) is 41.3 Å². The number of allylic oxidation sites excluding steroid dienone is 1. The molecule has 0 bridgehead atoms. The zero-order valence-corrected chi connectivity index (χ0v) is 27.3. The van der Waals surface area contributed by atoms with Gasteiger partial charge < -0.3 is 19.1 Å². The molecule has 0 aliphatic heterocycles.